The van der Waals surface area contributed by atoms with Gasteiger partial charge in [0, 0.05) is 19.3 Å². The van der Waals surface area contributed by atoms with Crippen molar-refractivity contribution in [3.63, 3.8) is 0 Å². The number of allylic oxidation sites excluding steroid dienone is 1. The van der Waals surface area contributed by atoms with Gasteiger partial charge in [0.15, 0.2) is 5.92 Å². The second-order valence-corrected chi connectivity index (χ2v) is 5.73. The lowest BCUT2D eigenvalue weighted by atomic mass is 9.95. The Morgan fingerprint density at radius 1 is 1.26 bits per heavy atom. The molecule has 0 aromatic rings. The van der Waals surface area contributed by atoms with Crippen LogP contribution in [0.1, 0.15) is 6.92 Å². The van der Waals surface area contributed by atoms with Crippen LogP contribution in [0.5, 0.6) is 0 Å². The number of nitrogens with zero attached hydrogens (tertiary/aromatic N) is 3. The van der Waals surface area contributed by atoms with Crippen molar-refractivity contribution in [2.75, 3.05) is 19.6 Å². The molecule has 0 unspecified atom stereocenters. The van der Waals surface area contributed by atoms with Crippen LogP contribution in [0.25, 0.3) is 0 Å². The standard InChI is InChI=1S/C15H14ClF6N3O2/c1-3-9(16)24-6-8(2)7-25-5-4-23-13(25)10(11(26)14(17,18)19)12(27)15(20,21)22/h3,6,10H,2,4-5,7H2,1H3. The molecule has 150 valence electrons. The Morgan fingerprint density at radius 2 is 1.78 bits per heavy atom. The third kappa shape index (κ3) is 6.19. The van der Waals surface area contributed by atoms with Gasteiger partial charge in [0.05, 0.1) is 6.54 Å². The first-order chi connectivity index (χ1) is 12.3. The summed E-state index contributed by atoms with van der Waals surface area (Å²) in [6.07, 6.45) is -8.68. The zero-order valence-electron chi connectivity index (χ0n) is 13.9. The van der Waals surface area contributed by atoms with Crippen LogP contribution in [0, 0.1) is 5.92 Å². The number of aliphatic imine (C=N–C) groups is 2. The van der Waals surface area contributed by atoms with Crippen molar-refractivity contribution in [3.05, 3.63) is 23.4 Å². The molecule has 1 rings (SSSR count). The number of hydrogen-bond donors (Lipinski definition) is 0. The van der Waals surface area contributed by atoms with Crippen molar-refractivity contribution in [3.8, 4) is 0 Å². The Bertz CT molecular complexity index is 683. The monoisotopic (exact) mass is 417 g/mol. The largest absolute Gasteiger partial charge is 0.451 e. The van der Waals surface area contributed by atoms with Crippen LogP contribution in [0.15, 0.2) is 33.4 Å². The maximum atomic E-state index is 12.7. The first-order valence-electron chi connectivity index (χ1n) is 7.34. The van der Waals surface area contributed by atoms with Gasteiger partial charge in [-0.25, -0.2) is 4.99 Å². The molecule has 27 heavy (non-hydrogen) atoms. The molecule has 0 aromatic heterocycles. The van der Waals surface area contributed by atoms with E-state index in [1.54, 1.807) is 6.92 Å². The van der Waals surface area contributed by atoms with Gasteiger partial charge in [-0.1, -0.05) is 24.3 Å². The number of halogens is 7. The van der Waals surface area contributed by atoms with E-state index < -0.39 is 35.7 Å². The lowest BCUT2D eigenvalue weighted by Gasteiger charge is -2.26. The van der Waals surface area contributed by atoms with E-state index in [9.17, 15) is 35.9 Å². The highest BCUT2D eigenvalue weighted by atomic mass is 35.5. The highest BCUT2D eigenvalue weighted by Crippen LogP contribution is 2.30. The Labute approximate surface area is 155 Å². The lowest BCUT2D eigenvalue weighted by Crippen LogP contribution is -2.50. The van der Waals surface area contributed by atoms with Crippen LogP contribution in [-0.2, 0) is 9.59 Å². The molecule has 12 heteroatoms. The summed E-state index contributed by atoms with van der Waals surface area (Å²) in [6, 6.07) is 0. The van der Waals surface area contributed by atoms with Crippen molar-refractivity contribution < 1.29 is 35.9 Å². The van der Waals surface area contributed by atoms with Crippen LogP contribution < -0.4 is 0 Å². The van der Waals surface area contributed by atoms with Gasteiger partial charge in [0.1, 0.15) is 11.0 Å². The minimum atomic E-state index is -5.64. The predicted molar refractivity (Wildman–Crippen MR) is 86.7 cm³/mol. The molecule has 0 saturated carbocycles. The SMILES string of the molecule is C=C(C=NC(Cl)=CC)CN1CCN=C1C(C(=O)C(F)(F)F)C(=O)C(F)(F)F. The molecule has 0 bridgehead atoms. The fourth-order valence-electron chi connectivity index (χ4n) is 2.13. The molecule has 0 fully saturated rings. The number of ketones is 2. The third-order valence-corrected chi connectivity index (χ3v) is 3.63. The van der Waals surface area contributed by atoms with Crippen LogP contribution in [0.3, 0.4) is 0 Å². The van der Waals surface area contributed by atoms with Gasteiger partial charge in [-0.15, -0.1) is 0 Å². The number of carbonyl (C=O) groups excluding carboxylic acids is 2. The normalized spacial score (nSPS) is 16.3. The fraction of sp³-hybridized carbons (Fsp3) is 0.467. The van der Waals surface area contributed by atoms with Gasteiger partial charge in [-0.05, 0) is 12.5 Å². The maximum Gasteiger partial charge on any atom is 0.451 e. The highest BCUT2D eigenvalue weighted by molar-refractivity contribution is 6.29. The van der Waals surface area contributed by atoms with Crippen LogP contribution in [0.2, 0.25) is 0 Å². The van der Waals surface area contributed by atoms with E-state index in [2.05, 4.69) is 16.6 Å². The van der Waals surface area contributed by atoms with Crippen LogP contribution in [-0.4, -0.2) is 60.5 Å². The third-order valence-electron chi connectivity index (χ3n) is 3.31. The molecule has 1 aliphatic heterocycles. The summed E-state index contributed by atoms with van der Waals surface area (Å²) in [5.41, 5.74) is 0.169. The second-order valence-electron chi connectivity index (χ2n) is 5.35. The van der Waals surface area contributed by atoms with Gasteiger partial charge in [-0.2, -0.15) is 26.3 Å². The maximum absolute atomic E-state index is 12.7. The van der Waals surface area contributed by atoms with E-state index in [-0.39, 0.29) is 30.4 Å². The minimum Gasteiger partial charge on any atom is -0.353 e. The van der Waals surface area contributed by atoms with E-state index in [4.69, 9.17) is 11.6 Å². The molecule has 0 aromatic carbocycles. The summed E-state index contributed by atoms with van der Waals surface area (Å²) in [6.45, 7) is 4.59. The summed E-state index contributed by atoms with van der Waals surface area (Å²) < 4.78 is 76.4. The number of amidine groups is 1. The number of carbonyl (C=O) groups is 2. The average Bonchev–Trinajstić information content (AvgIpc) is 2.98. The summed E-state index contributed by atoms with van der Waals surface area (Å²) in [7, 11) is 0. The first kappa shape index (κ1) is 22.9. The Morgan fingerprint density at radius 3 is 2.22 bits per heavy atom. The smallest absolute Gasteiger partial charge is 0.353 e. The van der Waals surface area contributed by atoms with Gasteiger partial charge in [0.25, 0.3) is 11.6 Å². The average molecular weight is 418 g/mol. The predicted octanol–water partition coefficient (Wildman–Crippen LogP) is 3.31. The zero-order valence-corrected chi connectivity index (χ0v) is 14.6. The molecule has 0 atom stereocenters. The van der Waals surface area contributed by atoms with E-state index >= 15 is 0 Å². The van der Waals surface area contributed by atoms with Crippen molar-refractivity contribution >= 4 is 35.2 Å². The molecule has 1 heterocycles. The summed E-state index contributed by atoms with van der Waals surface area (Å²) in [5.74, 6) is -9.67. The second kappa shape index (κ2) is 8.68. The molecular formula is C15H14ClF6N3O2. The van der Waals surface area contributed by atoms with Crippen molar-refractivity contribution in [2.24, 2.45) is 15.9 Å². The Balaban J connectivity index is 3.14. The molecule has 0 N–H and O–H groups in total. The number of alkyl halides is 6. The quantitative estimate of drug-likeness (QED) is 0.276. The van der Waals surface area contributed by atoms with Gasteiger partial charge in [0.2, 0.25) is 0 Å². The molecule has 0 aliphatic carbocycles. The molecule has 0 amide bonds. The zero-order chi connectivity index (χ0) is 21.0. The Hall–Kier alpha value is -2.17. The molecule has 1 aliphatic rings. The molecule has 0 spiro atoms. The van der Waals surface area contributed by atoms with E-state index in [1.807, 2.05) is 0 Å². The molecule has 0 saturated heterocycles. The van der Waals surface area contributed by atoms with E-state index in [0.29, 0.717) is 0 Å². The van der Waals surface area contributed by atoms with Crippen molar-refractivity contribution in [1.82, 2.24) is 4.90 Å². The number of hydrogen-bond acceptors (Lipinski definition) is 5. The number of Topliss-reactive ketones (excluding diaryl/α,β-unsaturated/α-hetero) is 2. The Kier molecular flexibility index (Phi) is 7.35. The lowest BCUT2D eigenvalue weighted by molar-refractivity contribution is -0.186. The minimum absolute atomic E-state index is 0.0869. The summed E-state index contributed by atoms with van der Waals surface area (Å²) in [5, 5.41) is 0.0869. The van der Waals surface area contributed by atoms with Crippen LogP contribution >= 0.6 is 11.6 Å². The van der Waals surface area contributed by atoms with E-state index in [0.717, 1.165) is 11.1 Å². The molecule has 5 nitrogen and oxygen atoms in total. The molecular weight excluding hydrogens is 404 g/mol. The first-order valence-corrected chi connectivity index (χ1v) is 7.71. The number of rotatable bonds is 7. The summed E-state index contributed by atoms with van der Waals surface area (Å²) >= 11 is 5.63. The topological polar surface area (TPSA) is 62.1 Å². The van der Waals surface area contributed by atoms with E-state index in [1.165, 1.54) is 6.08 Å². The highest BCUT2D eigenvalue weighted by Gasteiger charge is 2.56. The van der Waals surface area contributed by atoms with Crippen molar-refractivity contribution in [1.29, 1.82) is 0 Å². The summed E-state index contributed by atoms with van der Waals surface area (Å²) in [4.78, 5) is 31.2. The van der Waals surface area contributed by atoms with Gasteiger partial charge in [-0.3, -0.25) is 14.6 Å². The van der Waals surface area contributed by atoms with Crippen molar-refractivity contribution in [2.45, 2.75) is 19.3 Å². The van der Waals surface area contributed by atoms with Gasteiger partial charge >= 0.3 is 12.4 Å². The van der Waals surface area contributed by atoms with Gasteiger partial charge < -0.3 is 4.90 Å². The molecule has 0 radical (unpaired) electrons. The van der Waals surface area contributed by atoms with Crippen LogP contribution in [0.4, 0.5) is 26.3 Å². The fourth-order valence-corrected chi connectivity index (χ4v) is 2.18.